The van der Waals surface area contributed by atoms with Crippen LogP contribution in [0.25, 0.3) is 0 Å². The first kappa shape index (κ1) is 16.3. The van der Waals surface area contributed by atoms with Crippen LogP contribution >= 0.6 is 0 Å². The number of amides is 1. The Morgan fingerprint density at radius 1 is 1.45 bits per heavy atom. The summed E-state index contributed by atoms with van der Waals surface area (Å²) in [4.78, 5) is 11.6. The summed E-state index contributed by atoms with van der Waals surface area (Å²) < 4.78 is 10.7. The third-order valence-corrected chi connectivity index (χ3v) is 2.92. The van der Waals surface area contributed by atoms with Gasteiger partial charge in [-0.1, -0.05) is 19.4 Å². The lowest BCUT2D eigenvalue weighted by Crippen LogP contribution is -2.29. The lowest BCUT2D eigenvalue weighted by Gasteiger charge is -2.15. The standard InChI is InChI=1S/C15H24N2O3/c1-4-5-8-17-15(18)10-20-14-9-12(19-3)6-7-13(14)11(2)16/h6-7,9,11H,4-5,8,10,16H2,1-3H3,(H,17,18)/t11-/m1/s1. The number of ether oxygens (including phenoxy) is 2. The summed E-state index contributed by atoms with van der Waals surface area (Å²) >= 11 is 0. The summed E-state index contributed by atoms with van der Waals surface area (Å²) in [6.45, 7) is 4.61. The van der Waals surface area contributed by atoms with Gasteiger partial charge in [0, 0.05) is 24.2 Å². The zero-order chi connectivity index (χ0) is 15.0. The highest BCUT2D eigenvalue weighted by Crippen LogP contribution is 2.28. The van der Waals surface area contributed by atoms with Gasteiger partial charge in [0.15, 0.2) is 6.61 Å². The normalized spacial score (nSPS) is 11.8. The number of hydrogen-bond acceptors (Lipinski definition) is 4. The average molecular weight is 280 g/mol. The number of methoxy groups -OCH3 is 1. The molecule has 0 heterocycles. The molecule has 112 valence electrons. The van der Waals surface area contributed by atoms with Gasteiger partial charge in [-0.3, -0.25) is 4.79 Å². The van der Waals surface area contributed by atoms with Crippen LogP contribution in [0.15, 0.2) is 18.2 Å². The van der Waals surface area contributed by atoms with E-state index >= 15 is 0 Å². The molecule has 1 atom stereocenters. The Morgan fingerprint density at radius 2 is 2.20 bits per heavy atom. The topological polar surface area (TPSA) is 73.6 Å². The van der Waals surface area contributed by atoms with Gasteiger partial charge >= 0.3 is 0 Å². The molecule has 0 bridgehead atoms. The molecule has 0 fully saturated rings. The van der Waals surface area contributed by atoms with Gasteiger partial charge in [0.25, 0.3) is 5.91 Å². The highest BCUT2D eigenvalue weighted by atomic mass is 16.5. The third kappa shape index (κ3) is 5.09. The van der Waals surface area contributed by atoms with Crippen LogP contribution in [0.3, 0.4) is 0 Å². The number of rotatable bonds is 8. The molecule has 0 aliphatic carbocycles. The largest absolute Gasteiger partial charge is 0.497 e. The van der Waals surface area contributed by atoms with Crippen molar-refractivity contribution >= 4 is 5.91 Å². The van der Waals surface area contributed by atoms with E-state index in [0.29, 0.717) is 18.0 Å². The number of benzene rings is 1. The van der Waals surface area contributed by atoms with Crippen molar-refractivity contribution < 1.29 is 14.3 Å². The van der Waals surface area contributed by atoms with Crippen LogP contribution in [0, 0.1) is 0 Å². The van der Waals surface area contributed by atoms with E-state index in [1.165, 1.54) is 0 Å². The van der Waals surface area contributed by atoms with Gasteiger partial charge in [-0.15, -0.1) is 0 Å². The highest BCUT2D eigenvalue weighted by molar-refractivity contribution is 5.77. The molecular formula is C15H24N2O3. The summed E-state index contributed by atoms with van der Waals surface area (Å²) in [6, 6.07) is 5.26. The van der Waals surface area contributed by atoms with Crippen molar-refractivity contribution in [1.82, 2.24) is 5.32 Å². The Balaban J connectivity index is 2.63. The van der Waals surface area contributed by atoms with E-state index in [0.717, 1.165) is 18.4 Å². The summed E-state index contributed by atoms with van der Waals surface area (Å²) in [5.41, 5.74) is 6.74. The number of nitrogens with one attached hydrogen (secondary N) is 1. The zero-order valence-corrected chi connectivity index (χ0v) is 12.4. The molecule has 5 nitrogen and oxygen atoms in total. The van der Waals surface area contributed by atoms with Gasteiger partial charge in [-0.25, -0.2) is 0 Å². The molecular weight excluding hydrogens is 256 g/mol. The summed E-state index contributed by atoms with van der Waals surface area (Å²) in [5, 5.41) is 2.80. The van der Waals surface area contributed by atoms with E-state index in [4.69, 9.17) is 15.2 Å². The molecule has 0 aliphatic heterocycles. The van der Waals surface area contributed by atoms with E-state index in [2.05, 4.69) is 12.2 Å². The number of nitrogens with two attached hydrogens (primary N) is 1. The van der Waals surface area contributed by atoms with Crippen molar-refractivity contribution in [2.75, 3.05) is 20.3 Å². The molecule has 1 rings (SSSR count). The second-order valence-corrected chi connectivity index (χ2v) is 4.68. The monoisotopic (exact) mass is 280 g/mol. The first-order chi connectivity index (χ1) is 9.58. The summed E-state index contributed by atoms with van der Waals surface area (Å²) in [6.07, 6.45) is 2.02. The van der Waals surface area contributed by atoms with Crippen LogP contribution < -0.4 is 20.5 Å². The number of hydrogen-bond donors (Lipinski definition) is 2. The van der Waals surface area contributed by atoms with E-state index in [-0.39, 0.29) is 18.6 Å². The van der Waals surface area contributed by atoms with Gasteiger partial charge in [0.1, 0.15) is 11.5 Å². The lowest BCUT2D eigenvalue weighted by molar-refractivity contribution is -0.123. The van der Waals surface area contributed by atoms with E-state index < -0.39 is 0 Å². The Morgan fingerprint density at radius 3 is 2.80 bits per heavy atom. The van der Waals surface area contributed by atoms with Crippen molar-refractivity contribution in [2.45, 2.75) is 32.7 Å². The van der Waals surface area contributed by atoms with Gasteiger partial charge in [-0.05, 0) is 19.4 Å². The summed E-state index contributed by atoms with van der Waals surface area (Å²) in [5.74, 6) is 1.14. The Labute approximate surface area is 120 Å². The van der Waals surface area contributed by atoms with Gasteiger partial charge in [0.2, 0.25) is 0 Å². The molecule has 0 saturated carbocycles. The SMILES string of the molecule is CCCCNC(=O)COc1cc(OC)ccc1[C@@H](C)N. The Kier molecular flexibility index (Phi) is 6.87. The average Bonchev–Trinajstić information content (AvgIpc) is 2.44. The molecule has 0 radical (unpaired) electrons. The predicted molar refractivity (Wildman–Crippen MR) is 79.0 cm³/mol. The second kappa shape index (κ2) is 8.43. The van der Waals surface area contributed by atoms with Crippen molar-refractivity contribution in [2.24, 2.45) is 5.73 Å². The van der Waals surface area contributed by atoms with Crippen molar-refractivity contribution in [3.05, 3.63) is 23.8 Å². The van der Waals surface area contributed by atoms with Crippen molar-refractivity contribution in [1.29, 1.82) is 0 Å². The molecule has 0 saturated heterocycles. The molecule has 5 heteroatoms. The molecule has 3 N–H and O–H groups in total. The number of unbranched alkanes of at least 4 members (excludes halogenated alkanes) is 1. The fourth-order valence-electron chi connectivity index (χ4n) is 1.74. The second-order valence-electron chi connectivity index (χ2n) is 4.68. The van der Waals surface area contributed by atoms with Crippen LogP contribution in [0.5, 0.6) is 11.5 Å². The quantitative estimate of drug-likeness (QED) is 0.714. The lowest BCUT2D eigenvalue weighted by atomic mass is 10.1. The third-order valence-electron chi connectivity index (χ3n) is 2.92. The van der Waals surface area contributed by atoms with Crippen LogP contribution in [0.1, 0.15) is 38.3 Å². The minimum absolute atomic E-state index is 0.0173. The molecule has 0 spiro atoms. The van der Waals surface area contributed by atoms with Gasteiger partial charge in [0.05, 0.1) is 7.11 Å². The zero-order valence-electron chi connectivity index (χ0n) is 12.4. The molecule has 1 aromatic rings. The van der Waals surface area contributed by atoms with Crippen molar-refractivity contribution in [3.8, 4) is 11.5 Å². The maximum absolute atomic E-state index is 11.6. The molecule has 1 aromatic carbocycles. The van der Waals surface area contributed by atoms with Crippen LogP contribution in [-0.2, 0) is 4.79 Å². The first-order valence-corrected chi connectivity index (χ1v) is 6.91. The Bertz CT molecular complexity index is 433. The van der Waals surface area contributed by atoms with Crippen LogP contribution in [-0.4, -0.2) is 26.2 Å². The smallest absolute Gasteiger partial charge is 0.257 e. The van der Waals surface area contributed by atoms with Crippen molar-refractivity contribution in [3.63, 3.8) is 0 Å². The minimum atomic E-state index is -0.168. The van der Waals surface area contributed by atoms with E-state index in [1.807, 2.05) is 19.1 Å². The highest BCUT2D eigenvalue weighted by Gasteiger charge is 2.11. The predicted octanol–water partition coefficient (Wildman–Crippen LogP) is 2.01. The van der Waals surface area contributed by atoms with E-state index in [9.17, 15) is 4.79 Å². The van der Waals surface area contributed by atoms with Crippen LogP contribution in [0.4, 0.5) is 0 Å². The number of carbonyl (C=O) groups excluding carboxylic acids is 1. The minimum Gasteiger partial charge on any atom is -0.497 e. The fraction of sp³-hybridized carbons (Fsp3) is 0.533. The molecule has 0 aliphatic rings. The summed E-state index contributed by atoms with van der Waals surface area (Å²) in [7, 11) is 1.59. The molecule has 0 aromatic heterocycles. The van der Waals surface area contributed by atoms with E-state index in [1.54, 1.807) is 13.2 Å². The van der Waals surface area contributed by atoms with Gasteiger partial charge < -0.3 is 20.5 Å². The first-order valence-electron chi connectivity index (χ1n) is 6.91. The number of carbonyl (C=O) groups is 1. The van der Waals surface area contributed by atoms with Gasteiger partial charge in [-0.2, -0.15) is 0 Å². The van der Waals surface area contributed by atoms with Crippen LogP contribution in [0.2, 0.25) is 0 Å². The molecule has 1 amide bonds. The Hall–Kier alpha value is -1.75. The molecule has 20 heavy (non-hydrogen) atoms. The molecule has 0 unspecified atom stereocenters. The maximum atomic E-state index is 11.6. The maximum Gasteiger partial charge on any atom is 0.257 e. The fourth-order valence-corrected chi connectivity index (χ4v) is 1.74.